The molecule has 0 aliphatic rings. The SMILES string of the molecule is CC(C)(C)OC(=O)N(C(C(=O)OC(N)c1ccccc1)(c1ccccc1)c1ccccc1)C(c1ccccc1)(c1ccccc1)c1ccccc1CN. The Hall–Kier alpha value is -6.02. The number of hydrogen-bond donors (Lipinski definition) is 2. The molecule has 6 rings (SSSR count). The normalized spacial score (nSPS) is 12.4. The van der Waals surface area contributed by atoms with Crippen molar-refractivity contribution in [3.05, 3.63) is 215 Å². The molecule has 1 amide bonds. The molecule has 6 aromatic rings. The van der Waals surface area contributed by atoms with Crippen LogP contribution in [0.1, 0.15) is 65.9 Å². The van der Waals surface area contributed by atoms with Crippen LogP contribution in [0, 0.1) is 0 Å². The summed E-state index contributed by atoms with van der Waals surface area (Å²) in [5.41, 5.74) is 13.0. The van der Waals surface area contributed by atoms with Crippen LogP contribution in [0.15, 0.2) is 176 Å². The first-order chi connectivity index (χ1) is 25.6. The molecule has 0 aliphatic carbocycles. The number of benzene rings is 6. The van der Waals surface area contributed by atoms with E-state index in [0.29, 0.717) is 33.4 Å². The lowest BCUT2D eigenvalue weighted by atomic mass is 9.69. The Morgan fingerprint density at radius 2 is 0.981 bits per heavy atom. The van der Waals surface area contributed by atoms with Gasteiger partial charge in [0.1, 0.15) is 11.1 Å². The van der Waals surface area contributed by atoms with Crippen molar-refractivity contribution in [1.29, 1.82) is 0 Å². The standard InChI is InChI=1S/C46H45N3O4/c1-44(2,3)53-43(51)49(45(36-24-11-5-12-25-36,37-26-13-6-14-27-37)40-32-20-19-23-35(40)33-47)46(38-28-15-7-16-29-38,39-30-17-8-18-31-39)42(50)52-41(48)34-21-9-4-10-22-34/h4-32,41H,33,47-48H2,1-3H3. The molecule has 0 radical (unpaired) electrons. The third kappa shape index (κ3) is 7.09. The summed E-state index contributed by atoms with van der Waals surface area (Å²) >= 11 is 0. The minimum Gasteiger partial charge on any atom is -0.444 e. The van der Waals surface area contributed by atoms with E-state index < -0.39 is 35.0 Å². The van der Waals surface area contributed by atoms with Crippen LogP contribution in [0.4, 0.5) is 4.79 Å². The molecule has 0 bridgehead atoms. The molecule has 6 aromatic carbocycles. The zero-order valence-electron chi connectivity index (χ0n) is 30.3. The topological polar surface area (TPSA) is 108 Å². The molecule has 0 heterocycles. The summed E-state index contributed by atoms with van der Waals surface area (Å²) in [4.78, 5) is 33.3. The van der Waals surface area contributed by atoms with Crippen molar-refractivity contribution < 1.29 is 19.1 Å². The number of rotatable bonds is 11. The molecule has 1 unspecified atom stereocenters. The highest BCUT2D eigenvalue weighted by Gasteiger charge is 2.62. The Bertz CT molecular complexity index is 2020. The van der Waals surface area contributed by atoms with E-state index in [-0.39, 0.29) is 6.54 Å². The molecular formula is C46H45N3O4. The van der Waals surface area contributed by atoms with Crippen molar-refractivity contribution in [2.24, 2.45) is 11.5 Å². The minimum absolute atomic E-state index is 0.146. The molecule has 4 N–H and O–H groups in total. The van der Waals surface area contributed by atoms with Gasteiger partial charge in [0.2, 0.25) is 0 Å². The zero-order valence-corrected chi connectivity index (χ0v) is 30.3. The highest BCUT2D eigenvalue weighted by molar-refractivity contribution is 5.93. The minimum atomic E-state index is -2.02. The summed E-state index contributed by atoms with van der Waals surface area (Å²) in [5.74, 6) is -0.779. The molecule has 0 saturated heterocycles. The van der Waals surface area contributed by atoms with Gasteiger partial charge in [0.25, 0.3) is 0 Å². The van der Waals surface area contributed by atoms with Gasteiger partial charge in [0.05, 0.1) is 0 Å². The predicted molar refractivity (Wildman–Crippen MR) is 208 cm³/mol. The Morgan fingerprint density at radius 1 is 0.585 bits per heavy atom. The second kappa shape index (κ2) is 15.7. The van der Waals surface area contributed by atoms with Crippen molar-refractivity contribution in [1.82, 2.24) is 4.90 Å². The van der Waals surface area contributed by atoms with Gasteiger partial charge in [-0.3, -0.25) is 10.6 Å². The molecule has 0 fully saturated rings. The number of carbonyl (C=O) groups is 2. The fourth-order valence-corrected chi connectivity index (χ4v) is 7.12. The maximum absolute atomic E-state index is 15.9. The van der Waals surface area contributed by atoms with Gasteiger partial charge < -0.3 is 15.2 Å². The van der Waals surface area contributed by atoms with Crippen LogP contribution in [-0.4, -0.2) is 22.6 Å². The van der Waals surface area contributed by atoms with Gasteiger partial charge in [-0.15, -0.1) is 0 Å². The fourth-order valence-electron chi connectivity index (χ4n) is 7.12. The van der Waals surface area contributed by atoms with Gasteiger partial charge in [-0.1, -0.05) is 176 Å². The highest BCUT2D eigenvalue weighted by atomic mass is 16.6. The largest absolute Gasteiger partial charge is 0.444 e. The van der Waals surface area contributed by atoms with Crippen molar-refractivity contribution >= 4 is 12.1 Å². The first kappa shape index (κ1) is 36.8. The average Bonchev–Trinajstić information content (AvgIpc) is 3.19. The Kier molecular flexibility index (Phi) is 10.9. The van der Waals surface area contributed by atoms with Crippen LogP contribution in [-0.2, 0) is 31.9 Å². The summed E-state index contributed by atoms with van der Waals surface area (Å²) in [5, 5.41) is 0. The molecule has 0 spiro atoms. The van der Waals surface area contributed by atoms with E-state index in [1.54, 1.807) is 37.8 Å². The number of nitrogens with zero attached hydrogens (tertiary/aromatic N) is 1. The zero-order chi connectivity index (χ0) is 37.5. The number of ether oxygens (including phenoxy) is 2. The molecular weight excluding hydrogens is 659 g/mol. The van der Waals surface area contributed by atoms with Gasteiger partial charge in [-0.05, 0) is 54.2 Å². The lowest BCUT2D eigenvalue weighted by Gasteiger charge is -2.54. The summed E-state index contributed by atoms with van der Waals surface area (Å²) in [7, 11) is 0. The molecule has 0 aromatic heterocycles. The summed E-state index contributed by atoms with van der Waals surface area (Å²) in [6.45, 7) is 5.56. The van der Waals surface area contributed by atoms with Crippen LogP contribution < -0.4 is 11.5 Å². The average molecular weight is 704 g/mol. The third-order valence-electron chi connectivity index (χ3n) is 9.30. The predicted octanol–water partition coefficient (Wildman–Crippen LogP) is 8.82. The quantitative estimate of drug-likeness (QED) is 0.0794. The van der Waals surface area contributed by atoms with Gasteiger partial charge in [-0.2, -0.15) is 0 Å². The van der Waals surface area contributed by atoms with Crippen molar-refractivity contribution in [2.75, 3.05) is 0 Å². The lowest BCUT2D eigenvalue weighted by Crippen LogP contribution is -2.65. The molecule has 7 nitrogen and oxygen atoms in total. The second-order valence-corrected chi connectivity index (χ2v) is 13.8. The van der Waals surface area contributed by atoms with Crippen LogP contribution in [0.25, 0.3) is 0 Å². The first-order valence-corrected chi connectivity index (χ1v) is 17.7. The van der Waals surface area contributed by atoms with Gasteiger partial charge in [-0.25, -0.2) is 9.59 Å². The van der Waals surface area contributed by atoms with E-state index in [2.05, 4.69) is 0 Å². The molecule has 53 heavy (non-hydrogen) atoms. The van der Waals surface area contributed by atoms with Crippen LogP contribution >= 0.6 is 0 Å². The third-order valence-corrected chi connectivity index (χ3v) is 9.30. The first-order valence-electron chi connectivity index (χ1n) is 17.7. The van der Waals surface area contributed by atoms with Gasteiger partial charge in [0.15, 0.2) is 11.8 Å². The van der Waals surface area contributed by atoms with Crippen LogP contribution in [0.3, 0.4) is 0 Å². The van der Waals surface area contributed by atoms with Crippen LogP contribution in [0.2, 0.25) is 0 Å². The maximum Gasteiger partial charge on any atom is 0.413 e. The Balaban J connectivity index is 1.86. The monoisotopic (exact) mass is 703 g/mol. The molecule has 7 heteroatoms. The molecule has 1 atom stereocenters. The van der Waals surface area contributed by atoms with Crippen molar-refractivity contribution in [2.45, 2.75) is 50.2 Å². The van der Waals surface area contributed by atoms with Crippen molar-refractivity contribution in [3.8, 4) is 0 Å². The number of amides is 1. The number of nitrogens with two attached hydrogens (primary N) is 2. The summed E-state index contributed by atoms with van der Waals surface area (Å²) in [6.07, 6.45) is -1.94. The van der Waals surface area contributed by atoms with Crippen LogP contribution in [0.5, 0.6) is 0 Å². The number of esters is 1. The van der Waals surface area contributed by atoms with E-state index >= 15 is 9.59 Å². The van der Waals surface area contributed by atoms with E-state index in [1.807, 2.05) is 164 Å². The van der Waals surface area contributed by atoms with E-state index in [4.69, 9.17) is 20.9 Å². The maximum atomic E-state index is 15.9. The Morgan fingerprint density at radius 3 is 1.42 bits per heavy atom. The van der Waals surface area contributed by atoms with Gasteiger partial charge >= 0.3 is 12.1 Å². The smallest absolute Gasteiger partial charge is 0.413 e. The molecule has 268 valence electrons. The van der Waals surface area contributed by atoms with Gasteiger partial charge in [0, 0.05) is 12.1 Å². The van der Waals surface area contributed by atoms with E-state index in [9.17, 15) is 0 Å². The van der Waals surface area contributed by atoms with E-state index in [1.165, 1.54) is 0 Å². The molecule has 0 aliphatic heterocycles. The summed E-state index contributed by atoms with van der Waals surface area (Å²) in [6, 6.07) is 54.6. The summed E-state index contributed by atoms with van der Waals surface area (Å²) < 4.78 is 12.8. The highest BCUT2D eigenvalue weighted by Crippen LogP contribution is 2.53. The lowest BCUT2D eigenvalue weighted by molar-refractivity contribution is -0.165. The second-order valence-electron chi connectivity index (χ2n) is 13.8. The molecule has 0 saturated carbocycles. The number of hydrogen-bond acceptors (Lipinski definition) is 6. The van der Waals surface area contributed by atoms with Crippen molar-refractivity contribution in [3.63, 3.8) is 0 Å². The Labute approximate surface area is 311 Å². The van der Waals surface area contributed by atoms with E-state index in [0.717, 1.165) is 5.56 Å². The fraction of sp³-hybridized carbons (Fsp3) is 0.174. The number of carbonyl (C=O) groups excluding carboxylic acids is 2.